The first-order valence-electron chi connectivity index (χ1n) is 5.23. The SMILES string of the molecule is CCc1cnccc1C(C=C(C)C)NN. The molecule has 0 aliphatic heterocycles. The van der Waals surface area contributed by atoms with Crippen molar-refractivity contribution < 1.29 is 0 Å². The van der Waals surface area contributed by atoms with Gasteiger partial charge >= 0.3 is 0 Å². The second-order valence-corrected chi connectivity index (χ2v) is 3.82. The Morgan fingerprint density at radius 3 is 2.87 bits per heavy atom. The molecule has 0 aliphatic rings. The first-order chi connectivity index (χ1) is 7.19. The highest BCUT2D eigenvalue weighted by Gasteiger charge is 2.09. The van der Waals surface area contributed by atoms with Gasteiger partial charge in [0.05, 0.1) is 6.04 Å². The van der Waals surface area contributed by atoms with Crippen molar-refractivity contribution in [1.82, 2.24) is 10.4 Å². The van der Waals surface area contributed by atoms with Gasteiger partial charge in [-0.2, -0.15) is 0 Å². The summed E-state index contributed by atoms with van der Waals surface area (Å²) < 4.78 is 0. The number of hydrazine groups is 1. The van der Waals surface area contributed by atoms with Crippen LogP contribution in [0.5, 0.6) is 0 Å². The molecule has 1 aromatic heterocycles. The number of nitrogens with two attached hydrogens (primary N) is 1. The second-order valence-electron chi connectivity index (χ2n) is 3.82. The minimum absolute atomic E-state index is 0.0768. The molecule has 0 aromatic carbocycles. The first-order valence-corrected chi connectivity index (χ1v) is 5.23. The highest BCUT2D eigenvalue weighted by Crippen LogP contribution is 2.19. The normalized spacial score (nSPS) is 12.3. The Morgan fingerprint density at radius 1 is 1.60 bits per heavy atom. The molecule has 0 bridgehead atoms. The summed E-state index contributed by atoms with van der Waals surface area (Å²) in [5.74, 6) is 5.56. The van der Waals surface area contributed by atoms with Crippen molar-refractivity contribution >= 4 is 0 Å². The average molecular weight is 205 g/mol. The van der Waals surface area contributed by atoms with E-state index in [2.05, 4.69) is 37.3 Å². The van der Waals surface area contributed by atoms with E-state index in [1.54, 1.807) is 6.20 Å². The molecule has 0 fully saturated rings. The standard InChI is InChI=1S/C12H19N3/c1-4-10-8-14-6-5-11(10)12(15-13)7-9(2)3/h5-8,12,15H,4,13H2,1-3H3. The summed E-state index contributed by atoms with van der Waals surface area (Å²) in [5, 5.41) is 0. The van der Waals surface area contributed by atoms with Gasteiger partial charge in [-0.05, 0) is 37.5 Å². The quantitative estimate of drug-likeness (QED) is 0.449. The fourth-order valence-corrected chi connectivity index (χ4v) is 1.60. The summed E-state index contributed by atoms with van der Waals surface area (Å²) in [4.78, 5) is 4.12. The van der Waals surface area contributed by atoms with Gasteiger partial charge in [-0.3, -0.25) is 10.8 Å². The molecule has 3 nitrogen and oxygen atoms in total. The zero-order valence-corrected chi connectivity index (χ0v) is 9.62. The van der Waals surface area contributed by atoms with Crippen LogP contribution in [0.15, 0.2) is 30.1 Å². The van der Waals surface area contributed by atoms with Gasteiger partial charge < -0.3 is 0 Å². The smallest absolute Gasteiger partial charge is 0.0646 e. The van der Waals surface area contributed by atoms with Gasteiger partial charge in [0, 0.05) is 12.4 Å². The van der Waals surface area contributed by atoms with Gasteiger partial charge in [0.2, 0.25) is 0 Å². The van der Waals surface area contributed by atoms with Gasteiger partial charge in [0.25, 0.3) is 0 Å². The maximum absolute atomic E-state index is 5.56. The topological polar surface area (TPSA) is 50.9 Å². The Labute approximate surface area is 91.4 Å². The summed E-state index contributed by atoms with van der Waals surface area (Å²) in [6, 6.07) is 2.09. The van der Waals surface area contributed by atoms with Crippen molar-refractivity contribution in [3.8, 4) is 0 Å². The van der Waals surface area contributed by atoms with Crippen LogP contribution in [-0.2, 0) is 6.42 Å². The van der Waals surface area contributed by atoms with Crippen LogP contribution in [0.25, 0.3) is 0 Å². The third kappa shape index (κ3) is 3.15. The summed E-state index contributed by atoms with van der Waals surface area (Å²) in [7, 11) is 0. The molecule has 0 aliphatic carbocycles. The number of aryl methyl sites for hydroxylation is 1. The lowest BCUT2D eigenvalue weighted by molar-refractivity contribution is 0.645. The van der Waals surface area contributed by atoms with E-state index in [0.717, 1.165) is 6.42 Å². The number of hydrogen-bond donors (Lipinski definition) is 2. The molecule has 1 aromatic rings. The Morgan fingerprint density at radius 2 is 2.33 bits per heavy atom. The number of rotatable bonds is 4. The van der Waals surface area contributed by atoms with Crippen molar-refractivity contribution in [2.24, 2.45) is 5.84 Å². The number of pyridine rings is 1. The van der Waals surface area contributed by atoms with Gasteiger partial charge in [-0.25, -0.2) is 5.43 Å². The van der Waals surface area contributed by atoms with Gasteiger partial charge in [-0.1, -0.05) is 18.6 Å². The van der Waals surface area contributed by atoms with E-state index in [0.29, 0.717) is 0 Å². The number of allylic oxidation sites excluding steroid dienone is 1. The van der Waals surface area contributed by atoms with Gasteiger partial charge in [0.15, 0.2) is 0 Å². The van der Waals surface area contributed by atoms with E-state index in [9.17, 15) is 0 Å². The monoisotopic (exact) mass is 205 g/mol. The van der Waals surface area contributed by atoms with Crippen LogP contribution in [0.4, 0.5) is 0 Å². The van der Waals surface area contributed by atoms with E-state index < -0.39 is 0 Å². The Kier molecular flexibility index (Phi) is 4.46. The maximum atomic E-state index is 5.56. The largest absolute Gasteiger partial charge is 0.271 e. The van der Waals surface area contributed by atoms with E-state index in [1.807, 2.05) is 12.3 Å². The van der Waals surface area contributed by atoms with Crippen molar-refractivity contribution in [3.63, 3.8) is 0 Å². The van der Waals surface area contributed by atoms with E-state index in [1.165, 1.54) is 16.7 Å². The summed E-state index contributed by atoms with van der Waals surface area (Å²) in [6.07, 6.45) is 6.79. The molecule has 0 radical (unpaired) electrons. The lowest BCUT2D eigenvalue weighted by Gasteiger charge is -2.16. The lowest BCUT2D eigenvalue weighted by atomic mass is 10.00. The highest BCUT2D eigenvalue weighted by atomic mass is 15.2. The van der Waals surface area contributed by atoms with E-state index in [4.69, 9.17) is 5.84 Å². The molecule has 1 rings (SSSR count). The fraction of sp³-hybridized carbons (Fsp3) is 0.417. The van der Waals surface area contributed by atoms with Gasteiger partial charge in [0.1, 0.15) is 0 Å². The molecule has 15 heavy (non-hydrogen) atoms. The maximum Gasteiger partial charge on any atom is 0.0646 e. The van der Waals surface area contributed by atoms with Crippen LogP contribution >= 0.6 is 0 Å². The first kappa shape index (κ1) is 11.9. The molecule has 1 atom stereocenters. The predicted octanol–water partition coefficient (Wildman–Crippen LogP) is 2.11. The van der Waals surface area contributed by atoms with Crippen LogP contribution in [0.2, 0.25) is 0 Å². The minimum Gasteiger partial charge on any atom is -0.271 e. The summed E-state index contributed by atoms with van der Waals surface area (Å²) in [5.41, 5.74) is 6.51. The number of nitrogens with one attached hydrogen (secondary N) is 1. The van der Waals surface area contributed by atoms with Crippen LogP contribution in [0, 0.1) is 0 Å². The van der Waals surface area contributed by atoms with Crippen LogP contribution in [0.3, 0.4) is 0 Å². The fourth-order valence-electron chi connectivity index (χ4n) is 1.60. The molecule has 82 valence electrons. The van der Waals surface area contributed by atoms with Crippen molar-refractivity contribution in [3.05, 3.63) is 41.2 Å². The number of hydrogen-bond acceptors (Lipinski definition) is 3. The molecule has 1 heterocycles. The Hall–Kier alpha value is -1.19. The molecule has 0 saturated carbocycles. The van der Waals surface area contributed by atoms with Crippen LogP contribution in [-0.4, -0.2) is 4.98 Å². The molecule has 0 amide bonds. The second kappa shape index (κ2) is 5.63. The van der Waals surface area contributed by atoms with Crippen molar-refractivity contribution in [2.45, 2.75) is 33.2 Å². The zero-order chi connectivity index (χ0) is 11.3. The molecule has 3 N–H and O–H groups in total. The minimum atomic E-state index is 0.0768. The van der Waals surface area contributed by atoms with Crippen molar-refractivity contribution in [1.29, 1.82) is 0 Å². The Balaban J connectivity index is 3.06. The average Bonchev–Trinajstić information content (AvgIpc) is 2.25. The van der Waals surface area contributed by atoms with E-state index in [-0.39, 0.29) is 6.04 Å². The van der Waals surface area contributed by atoms with Gasteiger partial charge in [-0.15, -0.1) is 0 Å². The molecule has 0 spiro atoms. The predicted molar refractivity (Wildman–Crippen MR) is 63.1 cm³/mol. The highest BCUT2D eigenvalue weighted by molar-refractivity contribution is 5.30. The molecule has 3 heteroatoms. The number of aromatic nitrogens is 1. The summed E-state index contributed by atoms with van der Waals surface area (Å²) in [6.45, 7) is 6.25. The zero-order valence-electron chi connectivity index (χ0n) is 9.62. The third-order valence-electron chi connectivity index (χ3n) is 2.34. The van der Waals surface area contributed by atoms with Crippen LogP contribution in [0.1, 0.15) is 37.9 Å². The lowest BCUT2D eigenvalue weighted by Crippen LogP contribution is -2.27. The summed E-state index contributed by atoms with van der Waals surface area (Å²) >= 11 is 0. The van der Waals surface area contributed by atoms with E-state index >= 15 is 0 Å². The van der Waals surface area contributed by atoms with Crippen LogP contribution < -0.4 is 11.3 Å². The molecule has 1 unspecified atom stereocenters. The molecular formula is C12H19N3. The van der Waals surface area contributed by atoms with Crippen molar-refractivity contribution in [2.75, 3.05) is 0 Å². The Bertz CT molecular complexity index is 340. The number of nitrogens with zero attached hydrogens (tertiary/aromatic N) is 1. The molecule has 0 saturated heterocycles. The third-order valence-corrected chi connectivity index (χ3v) is 2.34. The molecular weight excluding hydrogens is 186 g/mol.